The van der Waals surface area contributed by atoms with Crippen molar-refractivity contribution in [3.8, 4) is 0 Å². The molecule has 3 aliphatic rings. The molecule has 0 aromatic rings. The lowest BCUT2D eigenvalue weighted by molar-refractivity contribution is -0.0960. The zero-order chi connectivity index (χ0) is 13.8. The summed E-state index contributed by atoms with van der Waals surface area (Å²) in [6.07, 6.45) is 8.51. The molecule has 8 atom stereocenters. The highest BCUT2D eigenvalue weighted by molar-refractivity contribution is 6.20. The van der Waals surface area contributed by atoms with Gasteiger partial charge in [-0.05, 0) is 73.0 Å². The Bertz CT molecular complexity index is 339. The highest BCUT2D eigenvalue weighted by Crippen LogP contribution is 2.62. The third kappa shape index (κ3) is 2.27. The number of fused-ring (bicyclic) bond motifs is 3. The lowest BCUT2D eigenvalue weighted by Gasteiger charge is -2.60. The van der Waals surface area contributed by atoms with Gasteiger partial charge in [-0.1, -0.05) is 34.1 Å². The van der Waals surface area contributed by atoms with Gasteiger partial charge >= 0.3 is 0 Å². The molecule has 0 saturated heterocycles. The van der Waals surface area contributed by atoms with Crippen molar-refractivity contribution in [3.05, 3.63) is 0 Å². The van der Waals surface area contributed by atoms with Crippen molar-refractivity contribution in [2.45, 2.75) is 71.6 Å². The second-order valence-corrected chi connectivity index (χ2v) is 9.15. The SMILES string of the molecule is CC1CC(Cl)C2C(C1)[C@@H](C)CC1CCC(C)C[C@@]12C. The van der Waals surface area contributed by atoms with Crippen molar-refractivity contribution >= 4 is 11.6 Å². The van der Waals surface area contributed by atoms with Gasteiger partial charge in [0, 0.05) is 5.38 Å². The first-order chi connectivity index (χ1) is 8.91. The van der Waals surface area contributed by atoms with Gasteiger partial charge in [-0.15, -0.1) is 11.6 Å². The van der Waals surface area contributed by atoms with Crippen LogP contribution in [-0.4, -0.2) is 5.38 Å². The first-order valence-electron chi connectivity index (χ1n) is 8.56. The maximum Gasteiger partial charge on any atom is 0.0374 e. The molecule has 1 heteroatoms. The topological polar surface area (TPSA) is 0 Å². The quantitative estimate of drug-likeness (QED) is 0.497. The van der Waals surface area contributed by atoms with E-state index in [4.69, 9.17) is 11.6 Å². The molecule has 3 fully saturated rings. The van der Waals surface area contributed by atoms with Gasteiger partial charge in [-0.3, -0.25) is 0 Å². The van der Waals surface area contributed by atoms with Crippen molar-refractivity contribution in [3.63, 3.8) is 0 Å². The van der Waals surface area contributed by atoms with Crippen molar-refractivity contribution in [1.82, 2.24) is 0 Å². The summed E-state index contributed by atoms with van der Waals surface area (Å²) in [5.74, 6) is 5.31. The molecule has 0 aromatic carbocycles. The summed E-state index contributed by atoms with van der Waals surface area (Å²) >= 11 is 6.91. The summed E-state index contributed by atoms with van der Waals surface area (Å²) in [7, 11) is 0. The second-order valence-electron chi connectivity index (χ2n) is 8.58. The van der Waals surface area contributed by atoms with Crippen LogP contribution in [0.15, 0.2) is 0 Å². The van der Waals surface area contributed by atoms with Crippen LogP contribution in [0.4, 0.5) is 0 Å². The summed E-state index contributed by atoms with van der Waals surface area (Å²) < 4.78 is 0. The Labute approximate surface area is 124 Å². The predicted octanol–water partition coefficient (Wildman–Crippen LogP) is 5.74. The first-order valence-corrected chi connectivity index (χ1v) is 8.99. The molecule has 6 unspecified atom stereocenters. The third-order valence-corrected chi connectivity index (χ3v) is 7.48. The van der Waals surface area contributed by atoms with E-state index < -0.39 is 0 Å². The number of rotatable bonds is 0. The monoisotopic (exact) mass is 282 g/mol. The average molecular weight is 283 g/mol. The number of hydrogen-bond acceptors (Lipinski definition) is 0. The summed E-state index contributed by atoms with van der Waals surface area (Å²) in [4.78, 5) is 0. The Morgan fingerprint density at radius 2 is 1.68 bits per heavy atom. The maximum absolute atomic E-state index is 6.91. The van der Waals surface area contributed by atoms with Gasteiger partial charge in [0.1, 0.15) is 0 Å². The lowest BCUT2D eigenvalue weighted by atomic mass is 9.46. The van der Waals surface area contributed by atoms with Crippen LogP contribution in [0.2, 0.25) is 0 Å². The summed E-state index contributed by atoms with van der Waals surface area (Å²) in [6.45, 7) is 9.98. The minimum absolute atomic E-state index is 0.439. The molecule has 3 saturated carbocycles. The molecular formula is C18H31Cl. The molecule has 0 radical (unpaired) electrons. The highest BCUT2D eigenvalue weighted by Gasteiger charge is 2.56. The number of halogens is 1. The van der Waals surface area contributed by atoms with Crippen molar-refractivity contribution in [2.75, 3.05) is 0 Å². The van der Waals surface area contributed by atoms with Gasteiger partial charge in [0.15, 0.2) is 0 Å². The fraction of sp³-hybridized carbons (Fsp3) is 1.00. The zero-order valence-corrected chi connectivity index (χ0v) is 13.9. The number of alkyl halides is 1. The van der Waals surface area contributed by atoms with Crippen LogP contribution in [-0.2, 0) is 0 Å². The van der Waals surface area contributed by atoms with Crippen LogP contribution < -0.4 is 0 Å². The van der Waals surface area contributed by atoms with E-state index >= 15 is 0 Å². The van der Waals surface area contributed by atoms with Crippen LogP contribution in [0.3, 0.4) is 0 Å². The van der Waals surface area contributed by atoms with Gasteiger partial charge in [0.05, 0.1) is 0 Å². The summed E-state index contributed by atoms with van der Waals surface area (Å²) in [5, 5.41) is 0.439. The standard InChI is InChI=1S/C18H31Cl/c1-11-5-6-14-9-13(3)15-7-12(2)8-16(19)17(15)18(14,4)10-11/h11-17H,5-10H2,1-4H3/t11?,12?,13-,14?,15?,16?,17?,18-/m0/s1. The Morgan fingerprint density at radius 3 is 2.42 bits per heavy atom. The van der Waals surface area contributed by atoms with Crippen molar-refractivity contribution in [1.29, 1.82) is 0 Å². The van der Waals surface area contributed by atoms with E-state index in [-0.39, 0.29) is 0 Å². The van der Waals surface area contributed by atoms with Gasteiger partial charge in [-0.2, -0.15) is 0 Å². The molecule has 0 spiro atoms. The average Bonchev–Trinajstić information content (AvgIpc) is 2.30. The Morgan fingerprint density at radius 1 is 0.947 bits per heavy atom. The third-order valence-electron chi connectivity index (χ3n) is 7.03. The molecule has 3 rings (SSSR count). The molecule has 110 valence electrons. The fourth-order valence-corrected chi connectivity index (χ4v) is 7.03. The van der Waals surface area contributed by atoms with Crippen LogP contribution in [0.25, 0.3) is 0 Å². The molecule has 0 nitrogen and oxygen atoms in total. The highest BCUT2D eigenvalue weighted by atomic mass is 35.5. The minimum atomic E-state index is 0.439. The zero-order valence-electron chi connectivity index (χ0n) is 13.2. The minimum Gasteiger partial charge on any atom is -0.123 e. The van der Waals surface area contributed by atoms with E-state index in [1.54, 1.807) is 0 Å². The predicted molar refractivity (Wildman–Crippen MR) is 83.4 cm³/mol. The summed E-state index contributed by atoms with van der Waals surface area (Å²) in [5.41, 5.74) is 0.543. The van der Waals surface area contributed by atoms with Crippen LogP contribution >= 0.6 is 11.6 Å². The molecule has 0 heterocycles. The Kier molecular flexibility index (Phi) is 3.70. The van der Waals surface area contributed by atoms with E-state index in [0.29, 0.717) is 10.8 Å². The molecular weight excluding hydrogens is 252 g/mol. The van der Waals surface area contributed by atoms with E-state index in [1.807, 2.05) is 0 Å². The normalized spacial score (nSPS) is 58.3. The van der Waals surface area contributed by atoms with Crippen LogP contribution in [0.5, 0.6) is 0 Å². The fourth-order valence-electron chi connectivity index (χ4n) is 6.25. The van der Waals surface area contributed by atoms with Crippen molar-refractivity contribution < 1.29 is 0 Å². The molecule has 0 amide bonds. The van der Waals surface area contributed by atoms with Crippen LogP contribution in [0, 0.1) is 40.9 Å². The largest absolute Gasteiger partial charge is 0.123 e. The molecule has 0 bridgehead atoms. The smallest absolute Gasteiger partial charge is 0.0374 e. The van der Waals surface area contributed by atoms with E-state index in [0.717, 1.165) is 35.5 Å². The second kappa shape index (κ2) is 4.93. The van der Waals surface area contributed by atoms with E-state index in [2.05, 4.69) is 27.7 Å². The molecule has 0 aromatic heterocycles. The van der Waals surface area contributed by atoms with E-state index in [9.17, 15) is 0 Å². The molecule has 19 heavy (non-hydrogen) atoms. The van der Waals surface area contributed by atoms with Gasteiger partial charge in [-0.25, -0.2) is 0 Å². The number of hydrogen-bond donors (Lipinski definition) is 0. The van der Waals surface area contributed by atoms with E-state index in [1.165, 1.54) is 38.5 Å². The first kappa shape index (κ1) is 14.2. The molecule has 3 aliphatic carbocycles. The Hall–Kier alpha value is 0.290. The molecule has 0 N–H and O–H groups in total. The Balaban J connectivity index is 1.92. The molecule has 0 aliphatic heterocycles. The van der Waals surface area contributed by atoms with Gasteiger partial charge < -0.3 is 0 Å². The van der Waals surface area contributed by atoms with Gasteiger partial charge in [0.2, 0.25) is 0 Å². The maximum atomic E-state index is 6.91. The summed E-state index contributed by atoms with van der Waals surface area (Å²) in [6, 6.07) is 0. The van der Waals surface area contributed by atoms with Crippen molar-refractivity contribution in [2.24, 2.45) is 40.9 Å². The lowest BCUT2D eigenvalue weighted by Crippen LogP contribution is -2.55. The van der Waals surface area contributed by atoms with Crippen LogP contribution in [0.1, 0.15) is 66.2 Å². The van der Waals surface area contributed by atoms with Gasteiger partial charge in [0.25, 0.3) is 0 Å².